The normalized spacial score (nSPS) is 16.5. The fourth-order valence-corrected chi connectivity index (χ4v) is 2.50. The van der Waals surface area contributed by atoms with Crippen LogP contribution in [-0.4, -0.2) is 4.98 Å². The molecule has 1 N–H and O–H groups in total. The average molecular weight is 303 g/mol. The second-order valence-corrected chi connectivity index (χ2v) is 5.72. The number of aromatic nitrogens is 1. The average Bonchev–Trinajstić information content (AvgIpc) is 3.20. The Bertz CT molecular complexity index is 518. The largest absolute Gasteiger partial charge is 0.303 e. The number of halogens is 1. The molecule has 1 aromatic carbocycles. The number of pyridine rings is 1. The van der Waals surface area contributed by atoms with E-state index >= 15 is 0 Å². The molecular formula is C15H15BrN2. The van der Waals surface area contributed by atoms with E-state index in [9.17, 15) is 0 Å². The Hall–Kier alpha value is -1.19. The molecule has 92 valence electrons. The summed E-state index contributed by atoms with van der Waals surface area (Å²) in [5, 5.41) is 3.67. The topological polar surface area (TPSA) is 24.9 Å². The summed E-state index contributed by atoms with van der Waals surface area (Å²) in [7, 11) is 0. The van der Waals surface area contributed by atoms with Gasteiger partial charge in [0.1, 0.15) is 0 Å². The third-order valence-electron chi connectivity index (χ3n) is 3.50. The fraction of sp³-hybridized carbons (Fsp3) is 0.267. The predicted molar refractivity (Wildman–Crippen MR) is 76.1 cm³/mol. The molecule has 0 bridgehead atoms. The standard InChI is InChI=1S/C15H15BrN2/c16-14-5-3-13(4-6-14)15(7-8-15)18-11-12-2-1-9-17-10-12/h1-6,9-10,18H,7-8,11H2. The number of hydrogen-bond donors (Lipinski definition) is 1. The molecule has 1 heterocycles. The first-order chi connectivity index (χ1) is 8.78. The first kappa shape index (κ1) is 11.9. The van der Waals surface area contributed by atoms with Crippen LogP contribution in [0.2, 0.25) is 0 Å². The van der Waals surface area contributed by atoms with Gasteiger partial charge in [-0.05, 0) is 42.2 Å². The summed E-state index contributed by atoms with van der Waals surface area (Å²) in [6.07, 6.45) is 6.17. The summed E-state index contributed by atoms with van der Waals surface area (Å²) in [5.74, 6) is 0. The van der Waals surface area contributed by atoms with Crippen LogP contribution in [0.3, 0.4) is 0 Å². The van der Waals surface area contributed by atoms with Crippen molar-refractivity contribution >= 4 is 15.9 Å². The van der Waals surface area contributed by atoms with Crippen LogP contribution < -0.4 is 5.32 Å². The van der Waals surface area contributed by atoms with Gasteiger partial charge in [-0.25, -0.2) is 0 Å². The molecule has 1 aliphatic carbocycles. The summed E-state index contributed by atoms with van der Waals surface area (Å²) in [6, 6.07) is 12.7. The third kappa shape index (κ3) is 2.47. The Balaban J connectivity index is 1.70. The van der Waals surface area contributed by atoms with Crippen molar-refractivity contribution in [1.29, 1.82) is 0 Å². The van der Waals surface area contributed by atoms with Crippen molar-refractivity contribution in [3.63, 3.8) is 0 Å². The number of rotatable bonds is 4. The molecule has 1 saturated carbocycles. The maximum Gasteiger partial charge on any atom is 0.0438 e. The summed E-state index contributed by atoms with van der Waals surface area (Å²) < 4.78 is 1.13. The number of nitrogens with one attached hydrogen (secondary N) is 1. The van der Waals surface area contributed by atoms with Crippen LogP contribution in [0.15, 0.2) is 53.3 Å². The molecule has 1 fully saturated rings. The summed E-state index contributed by atoms with van der Waals surface area (Å²) in [6.45, 7) is 0.879. The maximum absolute atomic E-state index is 4.14. The molecule has 1 aromatic heterocycles. The van der Waals surface area contributed by atoms with Gasteiger partial charge in [-0.1, -0.05) is 34.1 Å². The van der Waals surface area contributed by atoms with Gasteiger partial charge in [0.05, 0.1) is 0 Å². The molecule has 18 heavy (non-hydrogen) atoms. The highest BCUT2D eigenvalue weighted by Gasteiger charge is 2.43. The second kappa shape index (κ2) is 4.82. The van der Waals surface area contributed by atoms with E-state index in [2.05, 4.69) is 56.6 Å². The van der Waals surface area contributed by atoms with Gasteiger partial charge in [0, 0.05) is 29.0 Å². The lowest BCUT2D eigenvalue weighted by Gasteiger charge is -2.18. The SMILES string of the molecule is Brc1ccc(C2(NCc3cccnc3)CC2)cc1. The van der Waals surface area contributed by atoms with Gasteiger partial charge in [0.25, 0.3) is 0 Å². The molecule has 3 heteroatoms. The number of nitrogens with zero attached hydrogens (tertiary/aromatic N) is 1. The minimum absolute atomic E-state index is 0.191. The fourth-order valence-electron chi connectivity index (χ4n) is 2.24. The Kier molecular flexibility index (Phi) is 3.18. The van der Waals surface area contributed by atoms with Crippen LogP contribution >= 0.6 is 15.9 Å². The molecule has 0 saturated heterocycles. The molecule has 2 aromatic rings. The van der Waals surface area contributed by atoms with Crippen LogP contribution in [-0.2, 0) is 12.1 Å². The minimum Gasteiger partial charge on any atom is -0.303 e. The van der Waals surface area contributed by atoms with E-state index in [1.807, 2.05) is 18.5 Å². The van der Waals surface area contributed by atoms with Crippen LogP contribution in [0.5, 0.6) is 0 Å². The van der Waals surface area contributed by atoms with E-state index in [1.165, 1.54) is 24.0 Å². The van der Waals surface area contributed by atoms with E-state index in [0.29, 0.717) is 0 Å². The van der Waals surface area contributed by atoms with Crippen molar-refractivity contribution in [2.24, 2.45) is 0 Å². The third-order valence-corrected chi connectivity index (χ3v) is 4.03. The first-order valence-corrected chi connectivity index (χ1v) is 6.98. The molecular weight excluding hydrogens is 288 g/mol. The van der Waals surface area contributed by atoms with E-state index < -0.39 is 0 Å². The van der Waals surface area contributed by atoms with Crippen LogP contribution in [0.1, 0.15) is 24.0 Å². The molecule has 0 amide bonds. The Labute approximate surface area is 116 Å². The summed E-state index contributed by atoms with van der Waals surface area (Å²) >= 11 is 3.48. The van der Waals surface area contributed by atoms with Gasteiger partial charge in [-0.3, -0.25) is 4.98 Å². The molecule has 0 spiro atoms. The highest BCUT2D eigenvalue weighted by molar-refractivity contribution is 9.10. The second-order valence-electron chi connectivity index (χ2n) is 4.80. The molecule has 0 radical (unpaired) electrons. The maximum atomic E-state index is 4.14. The zero-order valence-electron chi connectivity index (χ0n) is 10.1. The minimum atomic E-state index is 0.191. The molecule has 0 unspecified atom stereocenters. The lowest BCUT2D eigenvalue weighted by Crippen LogP contribution is -2.28. The van der Waals surface area contributed by atoms with Gasteiger partial charge in [0.2, 0.25) is 0 Å². The van der Waals surface area contributed by atoms with Crippen LogP contribution in [0.25, 0.3) is 0 Å². The van der Waals surface area contributed by atoms with E-state index in [4.69, 9.17) is 0 Å². The number of hydrogen-bond acceptors (Lipinski definition) is 2. The van der Waals surface area contributed by atoms with Gasteiger partial charge in [0.15, 0.2) is 0 Å². The highest BCUT2D eigenvalue weighted by Crippen LogP contribution is 2.45. The van der Waals surface area contributed by atoms with Crippen molar-refractivity contribution in [3.05, 3.63) is 64.4 Å². The van der Waals surface area contributed by atoms with E-state index in [-0.39, 0.29) is 5.54 Å². The van der Waals surface area contributed by atoms with Crippen molar-refractivity contribution in [2.45, 2.75) is 24.9 Å². The van der Waals surface area contributed by atoms with Crippen molar-refractivity contribution in [3.8, 4) is 0 Å². The van der Waals surface area contributed by atoms with Gasteiger partial charge in [-0.2, -0.15) is 0 Å². The van der Waals surface area contributed by atoms with Gasteiger partial charge in [-0.15, -0.1) is 0 Å². The smallest absolute Gasteiger partial charge is 0.0438 e. The van der Waals surface area contributed by atoms with Crippen molar-refractivity contribution < 1.29 is 0 Å². The Morgan fingerprint density at radius 2 is 1.94 bits per heavy atom. The van der Waals surface area contributed by atoms with E-state index in [1.54, 1.807) is 0 Å². The molecule has 0 aliphatic heterocycles. The monoisotopic (exact) mass is 302 g/mol. The van der Waals surface area contributed by atoms with Crippen molar-refractivity contribution in [1.82, 2.24) is 10.3 Å². The highest BCUT2D eigenvalue weighted by atomic mass is 79.9. The zero-order chi connectivity index (χ0) is 12.4. The lowest BCUT2D eigenvalue weighted by atomic mass is 10.0. The lowest BCUT2D eigenvalue weighted by molar-refractivity contribution is 0.518. The number of benzene rings is 1. The van der Waals surface area contributed by atoms with Crippen LogP contribution in [0, 0.1) is 0 Å². The predicted octanol–water partition coefficient (Wildman–Crippen LogP) is 3.62. The Morgan fingerprint density at radius 1 is 1.17 bits per heavy atom. The first-order valence-electron chi connectivity index (χ1n) is 6.18. The van der Waals surface area contributed by atoms with Gasteiger partial charge >= 0.3 is 0 Å². The molecule has 2 nitrogen and oxygen atoms in total. The van der Waals surface area contributed by atoms with Crippen LogP contribution in [0.4, 0.5) is 0 Å². The summed E-state index contributed by atoms with van der Waals surface area (Å²) in [5.41, 5.74) is 2.81. The molecule has 1 aliphatic rings. The van der Waals surface area contributed by atoms with Gasteiger partial charge < -0.3 is 5.32 Å². The zero-order valence-corrected chi connectivity index (χ0v) is 11.7. The molecule has 0 atom stereocenters. The van der Waals surface area contributed by atoms with E-state index in [0.717, 1.165) is 11.0 Å². The molecule has 3 rings (SSSR count). The Morgan fingerprint density at radius 3 is 2.56 bits per heavy atom. The van der Waals surface area contributed by atoms with Crippen molar-refractivity contribution in [2.75, 3.05) is 0 Å². The summed E-state index contributed by atoms with van der Waals surface area (Å²) in [4.78, 5) is 4.14. The quantitative estimate of drug-likeness (QED) is 0.933.